The van der Waals surface area contributed by atoms with E-state index in [-0.39, 0.29) is 24.8 Å². The van der Waals surface area contributed by atoms with Gasteiger partial charge in [-0.1, -0.05) is 42.2 Å². The Bertz CT molecular complexity index is 528. The van der Waals surface area contributed by atoms with E-state index in [9.17, 15) is 9.90 Å². The van der Waals surface area contributed by atoms with Crippen molar-refractivity contribution in [2.24, 2.45) is 0 Å². The summed E-state index contributed by atoms with van der Waals surface area (Å²) in [5, 5.41) is 18.5. The van der Waals surface area contributed by atoms with E-state index in [1.165, 1.54) is 16.7 Å². The zero-order valence-electron chi connectivity index (χ0n) is 9.37. The number of aliphatic hydroxyl groups excluding tert-OH is 1. The fourth-order valence-electron chi connectivity index (χ4n) is 1.54. The summed E-state index contributed by atoms with van der Waals surface area (Å²) in [5.41, 5.74) is 0.571. The monoisotopic (exact) mass is 281 g/mol. The molecule has 0 radical (unpaired) electrons. The van der Waals surface area contributed by atoms with Crippen molar-refractivity contribution in [2.75, 3.05) is 13.2 Å². The molecular formula is C12H11NO3S2. The Morgan fingerprint density at radius 2 is 2.11 bits per heavy atom. The van der Waals surface area contributed by atoms with Gasteiger partial charge in [-0.05, 0) is 12.1 Å². The lowest BCUT2D eigenvalue weighted by Crippen LogP contribution is -2.30. The number of thiocarbonyl (C=S) groups is 1. The van der Waals surface area contributed by atoms with Gasteiger partial charge in [0, 0.05) is 5.56 Å². The molecule has 1 saturated heterocycles. The lowest BCUT2D eigenvalue weighted by atomic mass is 10.2. The molecule has 0 aromatic heterocycles. The van der Waals surface area contributed by atoms with Crippen molar-refractivity contribution in [1.82, 2.24) is 4.90 Å². The number of benzene rings is 1. The quantitative estimate of drug-likeness (QED) is 0.651. The number of carbonyl (C=O) groups is 1. The number of rotatable bonds is 3. The first-order valence-electron chi connectivity index (χ1n) is 5.27. The van der Waals surface area contributed by atoms with Crippen LogP contribution in [-0.4, -0.2) is 38.5 Å². The highest BCUT2D eigenvalue weighted by Gasteiger charge is 2.31. The van der Waals surface area contributed by atoms with E-state index in [0.29, 0.717) is 14.8 Å². The highest BCUT2D eigenvalue weighted by atomic mass is 32.2. The molecule has 6 heteroatoms. The molecule has 1 aromatic carbocycles. The van der Waals surface area contributed by atoms with Crippen LogP contribution in [0.25, 0.3) is 6.08 Å². The standard InChI is InChI=1S/C12H11NO3S2/c14-6-5-13-11(16)10(18-12(13)17)7-8-3-1-2-4-9(8)15/h1-4,7,14-15H,5-6H2/b10-7-. The second kappa shape index (κ2) is 5.51. The van der Waals surface area contributed by atoms with Gasteiger partial charge in [-0.2, -0.15) is 0 Å². The molecule has 2 rings (SSSR count). The molecule has 4 nitrogen and oxygen atoms in total. The number of β-amino-alcohol motifs (C(OH)–C–C–N with tert-alkyl or cyclic N) is 1. The number of nitrogens with zero attached hydrogens (tertiary/aromatic N) is 1. The minimum atomic E-state index is -0.234. The molecule has 1 heterocycles. The van der Waals surface area contributed by atoms with Crippen LogP contribution < -0.4 is 0 Å². The van der Waals surface area contributed by atoms with Gasteiger partial charge in [0.2, 0.25) is 0 Å². The Hall–Kier alpha value is -1.37. The first-order chi connectivity index (χ1) is 8.63. The molecule has 0 atom stereocenters. The molecule has 0 aliphatic carbocycles. The van der Waals surface area contributed by atoms with Crippen molar-refractivity contribution in [3.63, 3.8) is 0 Å². The van der Waals surface area contributed by atoms with Gasteiger partial charge in [-0.3, -0.25) is 9.69 Å². The second-order valence-corrected chi connectivity index (χ2v) is 5.29. The van der Waals surface area contributed by atoms with Crippen LogP contribution in [0.3, 0.4) is 0 Å². The van der Waals surface area contributed by atoms with Gasteiger partial charge in [-0.25, -0.2) is 0 Å². The molecule has 1 amide bonds. The van der Waals surface area contributed by atoms with Gasteiger partial charge in [0.1, 0.15) is 10.1 Å². The number of phenols is 1. The number of carbonyl (C=O) groups excluding carboxylic acids is 1. The molecule has 1 fully saturated rings. The molecule has 18 heavy (non-hydrogen) atoms. The summed E-state index contributed by atoms with van der Waals surface area (Å²) in [4.78, 5) is 13.8. The fraction of sp³-hybridized carbons (Fsp3) is 0.167. The average molecular weight is 281 g/mol. The normalized spacial score (nSPS) is 17.8. The average Bonchev–Trinajstić information content (AvgIpc) is 2.60. The van der Waals surface area contributed by atoms with Crippen molar-refractivity contribution in [2.45, 2.75) is 0 Å². The Labute approximate surface area is 114 Å². The van der Waals surface area contributed by atoms with E-state index in [0.717, 1.165) is 0 Å². The van der Waals surface area contributed by atoms with E-state index in [1.54, 1.807) is 30.3 Å². The number of amides is 1. The predicted molar refractivity (Wildman–Crippen MR) is 75.1 cm³/mol. The molecule has 1 aromatic rings. The topological polar surface area (TPSA) is 60.8 Å². The van der Waals surface area contributed by atoms with Crippen molar-refractivity contribution < 1.29 is 15.0 Å². The predicted octanol–water partition coefficient (Wildman–Crippen LogP) is 1.59. The van der Waals surface area contributed by atoms with Gasteiger partial charge in [0.05, 0.1) is 18.1 Å². The van der Waals surface area contributed by atoms with Crippen LogP contribution >= 0.6 is 24.0 Å². The summed E-state index contributed by atoms with van der Waals surface area (Å²) in [7, 11) is 0. The number of aliphatic hydroxyl groups is 1. The van der Waals surface area contributed by atoms with E-state index in [1.807, 2.05) is 0 Å². The van der Waals surface area contributed by atoms with Crippen LogP contribution in [0.2, 0.25) is 0 Å². The maximum atomic E-state index is 12.0. The second-order valence-electron chi connectivity index (χ2n) is 3.62. The van der Waals surface area contributed by atoms with Crippen LogP contribution in [0, 0.1) is 0 Å². The van der Waals surface area contributed by atoms with Gasteiger partial charge in [0.15, 0.2) is 0 Å². The number of hydrogen-bond donors (Lipinski definition) is 2. The molecule has 94 valence electrons. The van der Waals surface area contributed by atoms with Crippen LogP contribution in [0.15, 0.2) is 29.2 Å². The lowest BCUT2D eigenvalue weighted by molar-refractivity contribution is -0.122. The molecule has 0 spiro atoms. The zero-order chi connectivity index (χ0) is 13.1. The molecule has 0 bridgehead atoms. The molecule has 2 N–H and O–H groups in total. The van der Waals surface area contributed by atoms with Crippen LogP contribution in [0.4, 0.5) is 0 Å². The zero-order valence-corrected chi connectivity index (χ0v) is 11.0. The van der Waals surface area contributed by atoms with Crippen LogP contribution in [-0.2, 0) is 4.79 Å². The number of aromatic hydroxyl groups is 1. The summed E-state index contributed by atoms with van der Waals surface area (Å²) < 4.78 is 0.427. The van der Waals surface area contributed by atoms with E-state index < -0.39 is 0 Å². The maximum absolute atomic E-state index is 12.0. The number of para-hydroxylation sites is 1. The van der Waals surface area contributed by atoms with Crippen LogP contribution in [0.1, 0.15) is 5.56 Å². The van der Waals surface area contributed by atoms with Gasteiger partial charge in [0.25, 0.3) is 5.91 Å². The smallest absolute Gasteiger partial charge is 0.266 e. The number of thioether (sulfide) groups is 1. The summed E-state index contributed by atoms with van der Waals surface area (Å²) in [5.74, 6) is -0.118. The van der Waals surface area contributed by atoms with Gasteiger partial charge >= 0.3 is 0 Å². The Kier molecular flexibility index (Phi) is 4.00. The summed E-state index contributed by atoms with van der Waals surface area (Å²) >= 11 is 6.23. The van der Waals surface area contributed by atoms with Crippen molar-refractivity contribution in [3.8, 4) is 5.75 Å². The minimum absolute atomic E-state index is 0.116. The van der Waals surface area contributed by atoms with Gasteiger partial charge in [-0.15, -0.1) is 0 Å². The summed E-state index contributed by atoms with van der Waals surface area (Å²) in [6.07, 6.45) is 1.60. The SMILES string of the molecule is O=C1/C(=C/c2ccccc2O)SC(=S)N1CCO. The summed E-state index contributed by atoms with van der Waals surface area (Å²) in [6, 6.07) is 6.76. The van der Waals surface area contributed by atoms with E-state index in [4.69, 9.17) is 17.3 Å². The maximum Gasteiger partial charge on any atom is 0.266 e. The summed E-state index contributed by atoms with van der Waals surface area (Å²) in [6.45, 7) is 0.0685. The third-order valence-corrected chi connectivity index (χ3v) is 3.80. The molecule has 0 unspecified atom stereocenters. The largest absolute Gasteiger partial charge is 0.507 e. The lowest BCUT2D eigenvalue weighted by Gasteiger charge is -2.11. The Morgan fingerprint density at radius 3 is 2.78 bits per heavy atom. The van der Waals surface area contributed by atoms with E-state index in [2.05, 4.69) is 0 Å². The highest BCUT2D eigenvalue weighted by molar-refractivity contribution is 8.26. The third kappa shape index (κ3) is 2.55. The Morgan fingerprint density at radius 1 is 1.39 bits per heavy atom. The molecular weight excluding hydrogens is 270 g/mol. The van der Waals surface area contributed by atoms with Crippen molar-refractivity contribution in [3.05, 3.63) is 34.7 Å². The molecule has 0 saturated carbocycles. The fourth-order valence-corrected chi connectivity index (χ4v) is 2.84. The molecule has 1 aliphatic rings. The van der Waals surface area contributed by atoms with Crippen LogP contribution in [0.5, 0.6) is 5.75 Å². The van der Waals surface area contributed by atoms with Gasteiger partial charge < -0.3 is 10.2 Å². The minimum Gasteiger partial charge on any atom is -0.507 e. The van der Waals surface area contributed by atoms with Crippen molar-refractivity contribution >= 4 is 40.3 Å². The number of hydrogen-bond acceptors (Lipinski definition) is 5. The number of phenolic OH excluding ortho intramolecular Hbond substituents is 1. The van der Waals surface area contributed by atoms with Crippen molar-refractivity contribution in [1.29, 1.82) is 0 Å². The van der Waals surface area contributed by atoms with E-state index >= 15 is 0 Å². The third-order valence-electron chi connectivity index (χ3n) is 2.42. The molecule has 1 aliphatic heterocycles. The Balaban J connectivity index is 2.28. The first-order valence-corrected chi connectivity index (χ1v) is 6.50. The highest BCUT2D eigenvalue weighted by Crippen LogP contribution is 2.33. The first kappa shape index (κ1) is 13.1.